The molecule has 0 aliphatic carbocycles. The minimum absolute atomic E-state index is 0.0641. The Balaban J connectivity index is 1.13. The molecule has 0 saturated heterocycles. The van der Waals surface area contributed by atoms with Crippen molar-refractivity contribution in [1.29, 1.82) is 0 Å². The zero-order valence-corrected chi connectivity index (χ0v) is 43.4. The number of aromatic nitrogens is 4. The minimum Gasteiger partial charge on any atom is -0.489 e. The number of carbonyl (C=O) groups excluding carboxylic acids is 4. The van der Waals surface area contributed by atoms with E-state index in [1.807, 2.05) is 170 Å². The second-order valence-corrected chi connectivity index (χ2v) is 20.4. The molecular weight excluding hydrogens is 1020 g/mol. The molecule has 20 bridgehead atoms. The number of nitrogens with one attached hydrogen (secondary N) is 6. The summed E-state index contributed by atoms with van der Waals surface area (Å²) in [6.45, 7) is 0.128. The van der Waals surface area contributed by atoms with Gasteiger partial charge in [-0.3, -0.25) is 19.2 Å². The zero-order valence-electron chi connectivity index (χ0n) is 43.4. The molecule has 0 atom stereocenters. The van der Waals surface area contributed by atoms with Gasteiger partial charge in [0.05, 0.1) is 22.8 Å². The smallest absolute Gasteiger partial charge is 0.255 e. The summed E-state index contributed by atoms with van der Waals surface area (Å²) < 4.78 is 13.0. The van der Waals surface area contributed by atoms with E-state index < -0.39 is 23.6 Å². The highest BCUT2D eigenvalue weighted by molar-refractivity contribution is 6.15. The lowest BCUT2D eigenvalue weighted by Gasteiger charge is -2.17. The predicted octanol–water partition coefficient (Wildman–Crippen LogP) is 14.4. The fourth-order valence-corrected chi connectivity index (χ4v) is 11.4. The Hall–Kier alpha value is -11.4. The number of amides is 4. The summed E-state index contributed by atoms with van der Waals surface area (Å²) in [5, 5.41) is 12.8. The summed E-state index contributed by atoms with van der Waals surface area (Å²) in [7, 11) is 0. The number of aromatic amines is 2. The predicted molar refractivity (Wildman–Crippen MR) is 320 cm³/mol. The molecule has 3 aromatic heterocycles. The third-order valence-electron chi connectivity index (χ3n) is 15.2. The van der Waals surface area contributed by atoms with Gasteiger partial charge in [0.15, 0.2) is 0 Å². The standard InChI is InChI=1S/C68H44N8O6/c77-65-39-29-40-32-43(31-39)81-35-37-10-9-11-38(28-37)36-82-44-33-41-30-42(34-44)68(80)76-52-19-8-4-15-48(52)64-56-23-22-55(70-56)63(47-14-3-7-18-51(47)75-67(41)79)58-25-24-57(71-58)61(45-12-1-5-16-49(45)73-65)53-20-21-54(69-53)62(59-26-27-60(64)72-59)46-13-2-6-17-50(46)74-66(40)78/h1-34,69-70H,35-36H2,(H,73,77)(H,74,78)(H,75,79)(H,76,80). The first-order valence-corrected chi connectivity index (χ1v) is 26.6. The molecule has 0 saturated carbocycles. The maximum atomic E-state index is 14.9. The van der Waals surface area contributed by atoms with Crippen molar-refractivity contribution in [3.05, 3.63) is 238 Å². The molecule has 16 rings (SSSR count). The Labute approximate surface area is 467 Å². The number of ether oxygens (including phenoxy) is 2. The molecule has 4 amide bonds. The molecule has 0 unspecified atom stereocenters. The molecule has 6 N–H and O–H groups in total. The van der Waals surface area contributed by atoms with Crippen molar-refractivity contribution in [2.24, 2.45) is 0 Å². The van der Waals surface area contributed by atoms with Crippen LogP contribution in [-0.2, 0) is 13.2 Å². The monoisotopic (exact) mass is 1070 g/mol. The van der Waals surface area contributed by atoms with Crippen LogP contribution in [0.5, 0.6) is 11.5 Å². The summed E-state index contributed by atoms with van der Waals surface area (Å²) in [6.07, 6.45) is 7.82. The summed E-state index contributed by atoms with van der Waals surface area (Å²) in [4.78, 5) is 78.2. The molecule has 10 aromatic rings. The third-order valence-corrected chi connectivity index (χ3v) is 15.2. The van der Waals surface area contributed by atoms with Gasteiger partial charge in [0.1, 0.15) is 24.7 Å². The highest BCUT2D eigenvalue weighted by Crippen LogP contribution is 2.44. The van der Waals surface area contributed by atoms with E-state index in [1.165, 1.54) is 0 Å². The zero-order chi connectivity index (χ0) is 55.0. The Morgan fingerprint density at radius 3 is 0.915 bits per heavy atom. The normalized spacial score (nSPS) is 13.9. The van der Waals surface area contributed by atoms with Gasteiger partial charge in [-0.2, -0.15) is 0 Å². The van der Waals surface area contributed by atoms with Crippen LogP contribution in [-0.4, -0.2) is 43.6 Å². The van der Waals surface area contributed by atoms with Gasteiger partial charge in [-0.05, 0) is 126 Å². The van der Waals surface area contributed by atoms with E-state index >= 15 is 0 Å². The Bertz CT molecular complexity index is 4160. The quantitative estimate of drug-likeness (QED) is 0.0864. The maximum absolute atomic E-state index is 14.9. The van der Waals surface area contributed by atoms with Gasteiger partial charge in [0.2, 0.25) is 0 Å². The number of carbonyl (C=O) groups is 4. The molecule has 9 heterocycles. The fourth-order valence-electron chi connectivity index (χ4n) is 11.4. The first-order chi connectivity index (χ1) is 40.2. The molecule has 0 radical (unpaired) electrons. The van der Waals surface area contributed by atoms with Crippen molar-refractivity contribution in [3.63, 3.8) is 0 Å². The van der Waals surface area contributed by atoms with Crippen LogP contribution in [0.15, 0.2) is 182 Å². The van der Waals surface area contributed by atoms with Gasteiger partial charge in [0.25, 0.3) is 23.6 Å². The van der Waals surface area contributed by atoms with Crippen LogP contribution >= 0.6 is 0 Å². The maximum Gasteiger partial charge on any atom is 0.255 e. The largest absolute Gasteiger partial charge is 0.489 e. The second kappa shape index (κ2) is 19.2. The van der Waals surface area contributed by atoms with Gasteiger partial charge in [-0.15, -0.1) is 0 Å². The van der Waals surface area contributed by atoms with Crippen molar-refractivity contribution in [2.45, 2.75) is 13.2 Å². The summed E-state index contributed by atoms with van der Waals surface area (Å²) in [5.41, 5.74) is 14.4. The first-order valence-electron chi connectivity index (χ1n) is 26.6. The van der Waals surface area contributed by atoms with Crippen LogP contribution in [0.2, 0.25) is 0 Å². The van der Waals surface area contributed by atoms with Gasteiger partial charge >= 0.3 is 0 Å². The van der Waals surface area contributed by atoms with Crippen LogP contribution in [0.4, 0.5) is 22.7 Å². The molecule has 0 spiro atoms. The second-order valence-electron chi connectivity index (χ2n) is 20.4. The highest BCUT2D eigenvalue weighted by Gasteiger charge is 2.26. The molecule has 7 aromatic carbocycles. The molecule has 14 nitrogen and oxygen atoms in total. The number of nitrogens with zero attached hydrogens (tertiary/aromatic N) is 2. The van der Waals surface area contributed by atoms with Crippen LogP contribution in [0.1, 0.15) is 75.3 Å². The van der Waals surface area contributed by atoms with E-state index in [1.54, 1.807) is 36.4 Å². The van der Waals surface area contributed by atoms with Gasteiger partial charge in [-0.25, -0.2) is 9.97 Å². The number of rotatable bonds is 0. The van der Waals surface area contributed by atoms with Crippen LogP contribution in [0.25, 0.3) is 90.9 Å². The van der Waals surface area contributed by atoms with Gasteiger partial charge in [0, 0.05) is 112 Å². The van der Waals surface area contributed by atoms with Gasteiger partial charge < -0.3 is 40.7 Å². The van der Waals surface area contributed by atoms with Crippen molar-refractivity contribution in [1.82, 2.24) is 19.9 Å². The fraction of sp³-hybridized carbons (Fsp3) is 0.0294. The summed E-state index contributed by atoms with van der Waals surface area (Å²) in [5.74, 6) is -1.36. The average molecular weight is 1070 g/mol. The average Bonchev–Trinajstić information content (AvgIpc) is 3.72. The molecule has 0 fully saturated rings. The Morgan fingerprint density at radius 1 is 0.317 bits per heavy atom. The van der Waals surface area contributed by atoms with Crippen molar-refractivity contribution < 1.29 is 28.7 Å². The third kappa shape index (κ3) is 8.46. The van der Waals surface area contributed by atoms with E-state index in [-0.39, 0.29) is 47.0 Å². The number of para-hydroxylation sites is 4. The lowest BCUT2D eigenvalue weighted by Crippen LogP contribution is -2.17. The molecular formula is C68H44N8O6. The number of benzene rings is 7. The topological polar surface area (TPSA) is 192 Å². The Kier molecular flexibility index (Phi) is 11.2. The molecule has 6 aliphatic heterocycles. The van der Waals surface area contributed by atoms with Crippen molar-refractivity contribution in [3.8, 4) is 56.0 Å². The lowest BCUT2D eigenvalue weighted by molar-refractivity contribution is 0.101. The van der Waals surface area contributed by atoms with Crippen LogP contribution in [0.3, 0.4) is 0 Å². The lowest BCUT2D eigenvalue weighted by atomic mass is 10.0. The number of hydrogen-bond acceptors (Lipinski definition) is 8. The van der Waals surface area contributed by atoms with Crippen LogP contribution in [0, 0.1) is 0 Å². The number of hydrogen-bond donors (Lipinski definition) is 6. The summed E-state index contributed by atoms with van der Waals surface area (Å²) in [6, 6.07) is 55.4. The van der Waals surface area contributed by atoms with E-state index in [4.69, 9.17) is 19.4 Å². The van der Waals surface area contributed by atoms with E-state index in [2.05, 4.69) is 31.2 Å². The highest BCUT2D eigenvalue weighted by atomic mass is 16.5. The molecule has 6 aliphatic rings. The molecule has 392 valence electrons. The number of H-pyrrole nitrogens is 2. The summed E-state index contributed by atoms with van der Waals surface area (Å²) >= 11 is 0. The number of fused-ring (bicyclic) bond motifs is 6. The van der Waals surface area contributed by atoms with Crippen molar-refractivity contribution >= 4 is 92.7 Å². The van der Waals surface area contributed by atoms with Crippen molar-refractivity contribution in [2.75, 3.05) is 21.3 Å². The van der Waals surface area contributed by atoms with E-state index in [0.717, 1.165) is 11.1 Å². The SMILES string of the molecule is O=C1Nc2ccccc2-c2c3nc(c4c5ccc([nH]5)c5c6nc(c(c7ccc2[nH]7)-c2ccccc2NC(=O)c2cc(cc1c2)OCc1cccc(c1)COc1cc(cc(c1)C(=O)Nc1ccccc1-5)C(=O)Nc1ccccc1-4)C=C6)C=C3. The number of anilines is 4. The van der Waals surface area contributed by atoms with Crippen LogP contribution < -0.4 is 30.7 Å². The molecule has 14 heteroatoms. The Morgan fingerprint density at radius 2 is 0.610 bits per heavy atom. The van der Waals surface area contributed by atoms with E-state index in [9.17, 15) is 19.2 Å². The van der Waals surface area contributed by atoms with E-state index in [0.29, 0.717) is 112 Å². The van der Waals surface area contributed by atoms with Gasteiger partial charge in [-0.1, -0.05) is 91.0 Å². The minimum atomic E-state index is -0.481. The first kappa shape index (κ1) is 47.8. The molecule has 82 heavy (non-hydrogen) atoms.